The van der Waals surface area contributed by atoms with E-state index >= 15 is 0 Å². The maximum atomic E-state index is 5.85. The lowest BCUT2D eigenvalue weighted by Gasteiger charge is -2.12. The number of aryl methyl sites for hydroxylation is 1. The first-order chi connectivity index (χ1) is 10.2. The molecule has 1 heterocycles. The number of nitrogens with zero attached hydrogens (tertiary/aromatic N) is 1. The van der Waals surface area contributed by atoms with Gasteiger partial charge in [-0.15, -0.1) is 11.6 Å². The quantitative estimate of drug-likeness (QED) is 0.763. The number of rotatable bonds is 6. The molecule has 0 radical (unpaired) electrons. The Morgan fingerprint density at radius 1 is 1.05 bits per heavy atom. The van der Waals surface area contributed by atoms with Crippen LogP contribution in [0.25, 0.3) is 0 Å². The van der Waals surface area contributed by atoms with Gasteiger partial charge in [0.25, 0.3) is 0 Å². The van der Waals surface area contributed by atoms with E-state index in [0.29, 0.717) is 24.0 Å². The van der Waals surface area contributed by atoms with E-state index in [4.69, 9.17) is 25.8 Å². The second-order valence-electron chi connectivity index (χ2n) is 4.55. The molecule has 0 unspecified atom stereocenters. The summed E-state index contributed by atoms with van der Waals surface area (Å²) in [6.07, 6.45) is 0. The maximum Gasteiger partial charge on any atom is 0.162 e. The Kier molecular flexibility index (Phi) is 5.28. The number of ether oxygens (including phenoxy) is 3. The standard InChI is InChI=1S/C16H18ClNO3/c1-11-6-14(19-2)8-13(18-11)10-21-16-7-12(9-17)4-5-15(16)20-3/h4-8H,9-10H2,1-3H3. The fourth-order valence-corrected chi connectivity index (χ4v) is 2.13. The van der Waals surface area contributed by atoms with Crippen molar-refractivity contribution in [1.29, 1.82) is 0 Å². The van der Waals surface area contributed by atoms with Gasteiger partial charge in [-0.05, 0) is 24.6 Å². The molecule has 5 heteroatoms. The van der Waals surface area contributed by atoms with Crippen LogP contribution in [-0.4, -0.2) is 19.2 Å². The summed E-state index contributed by atoms with van der Waals surface area (Å²) in [6, 6.07) is 9.35. The first-order valence-electron chi connectivity index (χ1n) is 6.53. The third-order valence-corrected chi connectivity index (χ3v) is 3.28. The third-order valence-electron chi connectivity index (χ3n) is 2.97. The highest BCUT2D eigenvalue weighted by molar-refractivity contribution is 6.17. The zero-order valence-electron chi connectivity index (χ0n) is 12.4. The van der Waals surface area contributed by atoms with E-state index in [1.165, 1.54) is 0 Å². The van der Waals surface area contributed by atoms with Gasteiger partial charge in [0, 0.05) is 23.7 Å². The summed E-state index contributed by atoms with van der Waals surface area (Å²) >= 11 is 5.85. The number of benzene rings is 1. The molecule has 0 bridgehead atoms. The molecule has 2 rings (SSSR count). The van der Waals surface area contributed by atoms with E-state index in [2.05, 4.69) is 4.98 Å². The lowest BCUT2D eigenvalue weighted by atomic mass is 10.2. The van der Waals surface area contributed by atoms with Crippen molar-refractivity contribution < 1.29 is 14.2 Å². The number of methoxy groups -OCH3 is 2. The van der Waals surface area contributed by atoms with E-state index in [1.807, 2.05) is 37.3 Å². The average molecular weight is 308 g/mol. The van der Waals surface area contributed by atoms with Crippen LogP contribution in [0.2, 0.25) is 0 Å². The van der Waals surface area contributed by atoms with Crippen LogP contribution in [0.5, 0.6) is 17.2 Å². The minimum Gasteiger partial charge on any atom is -0.497 e. The molecule has 0 aliphatic rings. The normalized spacial score (nSPS) is 10.3. The van der Waals surface area contributed by atoms with E-state index < -0.39 is 0 Å². The van der Waals surface area contributed by atoms with Crippen LogP contribution in [0.3, 0.4) is 0 Å². The minimum absolute atomic E-state index is 0.333. The molecule has 0 saturated carbocycles. The van der Waals surface area contributed by atoms with E-state index in [-0.39, 0.29) is 0 Å². The molecule has 0 amide bonds. The van der Waals surface area contributed by atoms with Crippen LogP contribution >= 0.6 is 11.6 Å². The van der Waals surface area contributed by atoms with Crippen molar-refractivity contribution in [3.05, 3.63) is 47.3 Å². The fraction of sp³-hybridized carbons (Fsp3) is 0.312. The largest absolute Gasteiger partial charge is 0.497 e. The van der Waals surface area contributed by atoms with Crippen molar-refractivity contribution in [2.24, 2.45) is 0 Å². The summed E-state index contributed by atoms with van der Waals surface area (Å²) in [5.74, 6) is 2.51. The molecule has 21 heavy (non-hydrogen) atoms. The van der Waals surface area contributed by atoms with Gasteiger partial charge in [0.15, 0.2) is 11.5 Å². The van der Waals surface area contributed by atoms with Crippen LogP contribution < -0.4 is 14.2 Å². The summed E-state index contributed by atoms with van der Waals surface area (Å²) < 4.78 is 16.3. The Morgan fingerprint density at radius 2 is 1.86 bits per heavy atom. The van der Waals surface area contributed by atoms with Gasteiger partial charge in [-0.25, -0.2) is 0 Å². The lowest BCUT2D eigenvalue weighted by Crippen LogP contribution is -2.02. The fourth-order valence-electron chi connectivity index (χ4n) is 1.96. The Bertz CT molecular complexity index is 616. The van der Waals surface area contributed by atoms with Crippen molar-refractivity contribution in [2.75, 3.05) is 14.2 Å². The SMILES string of the molecule is COc1cc(C)nc(COc2cc(CCl)ccc2OC)c1. The number of hydrogen-bond donors (Lipinski definition) is 0. The Labute approximate surface area is 129 Å². The minimum atomic E-state index is 0.333. The second-order valence-corrected chi connectivity index (χ2v) is 4.81. The molecule has 4 nitrogen and oxygen atoms in total. The first-order valence-corrected chi connectivity index (χ1v) is 7.07. The van der Waals surface area contributed by atoms with Crippen molar-refractivity contribution in [2.45, 2.75) is 19.4 Å². The van der Waals surface area contributed by atoms with Crippen molar-refractivity contribution >= 4 is 11.6 Å². The highest BCUT2D eigenvalue weighted by atomic mass is 35.5. The predicted octanol–water partition coefficient (Wildman–Crippen LogP) is 3.73. The lowest BCUT2D eigenvalue weighted by molar-refractivity contribution is 0.279. The van der Waals surface area contributed by atoms with Gasteiger partial charge in [-0.1, -0.05) is 6.07 Å². The molecule has 1 aromatic carbocycles. The first kappa shape index (κ1) is 15.4. The van der Waals surface area contributed by atoms with Crippen LogP contribution in [-0.2, 0) is 12.5 Å². The Balaban J connectivity index is 2.17. The molecule has 2 aromatic rings. The summed E-state index contributed by atoms with van der Waals surface area (Å²) in [7, 11) is 3.24. The smallest absolute Gasteiger partial charge is 0.162 e. The molecule has 1 aromatic heterocycles. The van der Waals surface area contributed by atoms with Gasteiger partial charge in [0.2, 0.25) is 0 Å². The number of aromatic nitrogens is 1. The molecule has 0 atom stereocenters. The van der Waals surface area contributed by atoms with Gasteiger partial charge in [0.05, 0.1) is 19.9 Å². The van der Waals surface area contributed by atoms with Crippen LogP contribution in [0.15, 0.2) is 30.3 Å². The number of halogens is 1. The van der Waals surface area contributed by atoms with Crippen LogP contribution in [0.4, 0.5) is 0 Å². The highest BCUT2D eigenvalue weighted by Gasteiger charge is 2.07. The molecule has 0 aliphatic heterocycles. The summed E-state index contributed by atoms with van der Waals surface area (Å²) in [5, 5.41) is 0. The zero-order chi connectivity index (χ0) is 15.2. The van der Waals surface area contributed by atoms with E-state index in [0.717, 1.165) is 22.7 Å². The molecule has 112 valence electrons. The van der Waals surface area contributed by atoms with Gasteiger partial charge in [0.1, 0.15) is 12.4 Å². The zero-order valence-corrected chi connectivity index (χ0v) is 13.1. The van der Waals surface area contributed by atoms with E-state index in [1.54, 1.807) is 14.2 Å². The van der Waals surface area contributed by atoms with Gasteiger partial charge < -0.3 is 14.2 Å². The van der Waals surface area contributed by atoms with Gasteiger partial charge >= 0.3 is 0 Å². The van der Waals surface area contributed by atoms with Crippen molar-refractivity contribution in [1.82, 2.24) is 4.98 Å². The third kappa shape index (κ3) is 4.02. The molecular weight excluding hydrogens is 290 g/mol. The summed E-state index contributed by atoms with van der Waals surface area (Å²) in [5.41, 5.74) is 2.65. The number of pyridine rings is 1. The van der Waals surface area contributed by atoms with Crippen molar-refractivity contribution in [3.8, 4) is 17.2 Å². The molecule has 0 N–H and O–H groups in total. The molecule has 0 aliphatic carbocycles. The molecule has 0 spiro atoms. The molecular formula is C16H18ClNO3. The summed E-state index contributed by atoms with van der Waals surface area (Å²) in [6.45, 7) is 2.25. The van der Waals surface area contributed by atoms with Crippen LogP contribution in [0, 0.1) is 6.92 Å². The van der Waals surface area contributed by atoms with Gasteiger partial charge in [-0.3, -0.25) is 4.98 Å². The topological polar surface area (TPSA) is 40.6 Å². The highest BCUT2D eigenvalue weighted by Crippen LogP contribution is 2.29. The average Bonchev–Trinajstić information content (AvgIpc) is 2.51. The summed E-state index contributed by atoms with van der Waals surface area (Å²) in [4.78, 5) is 4.42. The predicted molar refractivity (Wildman–Crippen MR) is 82.4 cm³/mol. The second kappa shape index (κ2) is 7.18. The van der Waals surface area contributed by atoms with Crippen LogP contribution in [0.1, 0.15) is 17.0 Å². The Morgan fingerprint density at radius 3 is 2.52 bits per heavy atom. The molecule has 0 fully saturated rings. The number of hydrogen-bond acceptors (Lipinski definition) is 4. The van der Waals surface area contributed by atoms with E-state index in [9.17, 15) is 0 Å². The monoisotopic (exact) mass is 307 g/mol. The van der Waals surface area contributed by atoms with Gasteiger partial charge in [-0.2, -0.15) is 0 Å². The number of alkyl halides is 1. The maximum absolute atomic E-state index is 5.85. The molecule has 0 saturated heterocycles. The van der Waals surface area contributed by atoms with Crippen molar-refractivity contribution in [3.63, 3.8) is 0 Å². The Hall–Kier alpha value is -1.94.